The third-order valence-electron chi connectivity index (χ3n) is 4.91. The molecule has 0 N–H and O–H groups in total. The molecule has 9 heteroatoms. The second kappa shape index (κ2) is 7.65. The SMILES string of the molecule is O=C(c1cccc(C(F)(F)F)c1)N1CCC(c2noc(-c3ccccn3)n2)CC1. The summed E-state index contributed by atoms with van der Waals surface area (Å²) in [6.45, 7) is 0.820. The monoisotopic (exact) mass is 402 g/mol. The van der Waals surface area contributed by atoms with Gasteiger partial charge in [0.2, 0.25) is 0 Å². The van der Waals surface area contributed by atoms with Crippen LogP contribution >= 0.6 is 0 Å². The lowest BCUT2D eigenvalue weighted by Gasteiger charge is -2.30. The molecule has 6 nitrogen and oxygen atoms in total. The Labute approximate surface area is 164 Å². The minimum Gasteiger partial charge on any atom is -0.339 e. The summed E-state index contributed by atoms with van der Waals surface area (Å²) >= 11 is 0. The molecule has 1 fully saturated rings. The molecule has 0 aliphatic carbocycles. The molecule has 3 heterocycles. The van der Waals surface area contributed by atoms with Gasteiger partial charge >= 0.3 is 6.18 Å². The van der Waals surface area contributed by atoms with Crippen LogP contribution in [0.5, 0.6) is 0 Å². The van der Waals surface area contributed by atoms with Crippen LogP contribution in [0.3, 0.4) is 0 Å². The van der Waals surface area contributed by atoms with Crippen LogP contribution in [0.15, 0.2) is 53.2 Å². The molecular weight excluding hydrogens is 385 g/mol. The molecule has 4 rings (SSSR count). The highest BCUT2D eigenvalue weighted by atomic mass is 19.4. The molecule has 0 bridgehead atoms. The Bertz CT molecular complexity index is 996. The Hall–Kier alpha value is -3.23. The Morgan fingerprint density at radius 3 is 2.59 bits per heavy atom. The summed E-state index contributed by atoms with van der Waals surface area (Å²) in [5.74, 6) is 0.499. The van der Waals surface area contributed by atoms with Gasteiger partial charge in [0.05, 0.1) is 5.56 Å². The number of hydrogen-bond donors (Lipinski definition) is 0. The lowest BCUT2D eigenvalue weighted by molar-refractivity contribution is -0.137. The normalized spacial score (nSPS) is 15.5. The van der Waals surface area contributed by atoms with E-state index in [9.17, 15) is 18.0 Å². The molecule has 0 spiro atoms. The summed E-state index contributed by atoms with van der Waals surface area (Å²) in [5, 5.41) is 4.03. The van der Waals surface area contributed by atoms with E-state index in [4.69, 9.17) is 4.52 Å². The molecule has 29 heavy (non-hydrogen) atoms. The number of benzene rings is 1. The second-order valence-electron chi connectivity index (χ2n) is 6.82. The first-order chi connectivity index (χ1) is 13.9. The zero-order valence-corrected chi connectivity index (χ0v) is 15.3. The number of nitrogens with zero attached hydrogens (tertiary/aromatic N) is 4. The van der Waals surface area contributed by atoms with Gasteiger partial charge in [-0.2, -0.15) is 18.2 Å². The Morgan fingerprint density at radius 1 is 1.10 bits per heavy atom. The van der Waals surface area contributed by atoms with Gasteiger partial charge in [0.1, 0.15) is 5.69 Å². The van der Waals surface area contributed by atoms with Crippen molar-refractivity contribution in [2.45, 2.75) is 24.9 Å². The number of alkyl halides is 3. The Morgan fingerprint density at radius 2 is 1.90 bits per heavy atom. The molecule has 0 saturated carbocycles. The molecule has 1 saturated heterocycles. The number of carbonyl (C=O) groups is 1. The molecule has 1 amide bonds. The number of hydrogen-bond acceptors (Lipinski definition) is 5. The van der Waals surface area contributed by atoms with Gasteiger partial charge in [-0.25, -0.2) is 0 Å². The minimum absolute atomic E-state index is 0.0155. The van der Waals surface area contributed by atoms with Crippen molar-refractivity contribution in [3.63, 3.8) is 0 Å². The maximum Gasteiger partial charge on any atom is 0.416 e. The fraction of sp³-hybridized carbons (Fsp3) is 0.300. The summed E-state index contributed by atoms with van der Waals surface area (Å²) in [6.07, 6.45) is -1.64. The van der Waals surface area contributed by atoms with E-state index in [0.29, 0.717) is 43.3 Å². The summed E-state index contributed by atoms with van der Waals surface area (Å²) < 4.78 is 43.9. The average molecular weight is 402 g/mol. The topological polar surface area (TPSA) is 72.1 Å². The quantitative estimate of drug-likeness (QED) is 0.658. The van der Waals surface area contributed by atoms with Crippen LogP contribution in [0.2, 0.25) is 0 Å². The van der Waals surface area contributed by atoms with Gasteiger partial charge in [-0.1, -0.05) is 17.3 Å². The predicted molar refractivity (Wildman–Crippen MR) is 96.9 cm³/mol. The number of halogens is 3. The van der Waals surface area contributed by atoms with E-state index < -0.39 is 17.6 Å². The van der Waals surface area contributed by atoms with Crippen molar-refractivity contribution in [2.24, 2.45) is 0 Å². The van der Waals surface area contributed by atoms with Crippen molar-refractivity contribution in [2.75, 3.05) is 13.1 Å². The molecule has 1 aliphatic heterocycles. The van der Waals surface area contributed by atoms with E-state index in [1.807, 2.05) is 6.07 Å². The summed E-state index contributed by atoms with van der Waals surface area (Å²) in [4.78, 5) is 22.7. The van der Waals surface area contributed by atoms with E-state index in [1.165, 1.54) is 12.1 Å². The predicted octanol–water partition coefficient (Wildman–Crippen LogP) is 4.17. The zero-order chi connectivity index (χ0) is 20.4. The van der Waals surface area contributed by atoms with Crippen LogP contribution in [0.4, 0.5) is 13.2 Å². The van der Waals surface area contributed by atoms with E-state index in [0.717, 1.165) is 12.1 Å². The van der Waals surface area contributed by atoms with Gasteiger partial charge in [0.15, 0.2) is 5.82 Å². The second-order valence-corrected chi connectivity index (χ2v) is 6.82. The van der Waals surface area contributed by atoms with E-state index in [2.05, 4.69) is 15.1 Å². The summed E-state index contributed by atoms with van der Waals surface area (Å²) in [7, 11) is 0. The number of rotatable bonds is 3. The fourth-order valence-electron chi connectivity index (χ4n) is 3.35. The summed E-state index contributed by atoms with van der Waals surface area (Å²) in [5.41, 5.74) is -0.203. The highest BCUT2D eigenvalue weighted by Gasteiger charge is 2.32. The van der Waals surface area contributed by atoms with Crippen LogP contribution in [0, 0.1) is 0 Å². The molecule has 1 aliphatic rings. The third kappa shape index (κ3) is 4.13. The molecule has 3 aromatic rings. The van der Waals surface area contributed by atoms with E-state index >= 15 is 0 Å². The number of amides is 1. The number of piperidine rings is 1. The van der Waals surface area contributed by atoms with Crippen molar-refractivity contribution in [1.29, 1.82) is 0 Å². The maximum absolute atomic E-state index is 12.9. The molecule has 1 aromatic carbocycles. The van der Waals surface area contributed by atoms with Gasteiger partial charge in [-0.15, -0.1) is 0 Å². The van der Waals surface area contributed by atoms with E-state index in [-0.39, 0.29) is 11.5 Å². The largest absolute Gasteiger partial charge is 0.416 e. The summed E-state index contributed by atoms with van der Waals surface area (Å²) in [6, 6.07) is 9.89. The first-order valence-electron chi connectivity index (χ1n) is 9.13. The highest BCUT2D eigenvalue weighted by molar-refractivity contribution is 5.94. The first kappa shape index (κ1) is 19.1. The average Bonchev–Trinajstić information content (AvgIpc) is 3.24. The fourth-order valence-corrected chi connectivity index (χ4v) is 3.35. The highest BCUT2D eigenvalue weighted by Crippen LogP contribution is 2.31. The van der Waals surface area contributed by atoms with E-state index in [1.54, 1.807) is 23.2 Å². The maximum atomic E-state index is 12.9. The molecular formula is C20H17F3N4O2. The number of pyridine rings is 1. The molecule has 0 radical (unpaired) electrons. The van der Waals surface area contributed by atoms with Crippen molar-refractivity contribution in [1.82, 2.24) is 20.0 Å². The molecule has 0 atom stereocenters. The number of likely N-dealkylation sites (tertiary alicyclic amines) is 1. The first-order valence-corrected chi connectivity index (χ1v) is 9.13. The lowest BCUT2D eigenvalue weighted by atomic mass is 9.95. The lowest BCUT2D eigenvalue weighted by Crippen LogP contribution is -2.38. The molecule has 150 valence electrons. The van der Waals surface area contributed by atoms with Crippen LogP contribution in [-0.2, 0) is 6.18 Å². The number of aromatic nitrogens is 3. The van der Waals surface area contributed by atoms with Crippen LogP contribution in [0.25, 0.3) is 11.6 Å². The molecule has 0 unspecified atom stereocenters. The zero-order valence-electron chi connectivity index (χ0n) is 15.3. The van der Waals surface area contributed by atoms with Gasteiger partial charge in [0.25, 0.3) is 11.8 Å². The Balaban J connectivity index is 1.41. The van der Waals surface area contributed by atoms with Gasteiger partial charge in [0, 0.05) is 30.8 Å². The van der Waals surface area contributed by atoms with Crippen molar-refractivity contribution < 1.29 is 22.5 Å². The molecule has 2 aromatic heterocycles. The number of carbonyl (C=O) groups excluding carboxylic acids is 1. The van der Waals surface area contributed by atoms with Crippen molar-refractivity contribution >= 4 is 5.91 Å². The minimum atomic E-state index is -4.48. The van der Waals surface area contributed by atoms with Crippen molar-refractivity contribution in [3.05, 3.63) is 65.6 Å². The van der Waals surface area contributed by atoms with Crippen LogP contribution in [0.1, 0.15) is 40.5 Å². The van der Waals surface area contributed by atoms with Crippen molar-refractivity contribution in [3.8, 4) is 11.6 Å². The Kier molecular flexibility index (Phi) is 5.04. The van der Waals surface area contributed by atoms with Gasteiger partial charge in [-0.05, 0) is 43.2 Å². The van der Waals surface area contributed by atoms with Crippen LogP contribution in [-0.4, -0.2) is 39.0 Å². The smallest absolute Gasteiger partial charge is 0.339 e. The van der Waals surface area contributed by atoms with Gasteiger partial charge in [-0.3, -0.25) is 9.78 Å². The van der Waals surface area contributed by atoms with Gasteiger partial charge < -0.3 is 9.42 Å². The third-order valence-corrected chi connectivity index (χ3v) is 4.91. The standard InChI is InChI=1S/C20H17F3N4O2/c21-20(22,23)15-5-3-4-14(12-15)19(28)27-10-7-13(8-11-27)17-25-18(29-26-17)16-6-1-2-9-24-16/h1-6,9,12-13H,7-8,10-11H2. The van der Waals surface area contributed by atoms with Crippen LogP contribution < -0.4 is 0 Å².